The number of amides is 1. The highest BCUT2D eigenvalue weighted by Gasteiger charge is 2.15. The van der Waals surface area contributed by atoms with E-state index in [1.807, 2.05) is 37.3 Å². The van der Waals surface area contributed by atoms with Crippen LogP contribution in [0.2, 0.25) is 0 Å². The number of nitrogens with two attached hydrogens (primary N) is 1. The maximum Gasteiger partial charge on any atom is 0.272 e. The number of hydrogen-bond donors (Lipinski definition) is 1. The third-order valence-electron chi connectivity index (χ3n) is 3.11. The number of aromatic nitrogens is 1. The Bertz CT molecular complexity index is 642. The maximum atomic E-state index is 12.4. The van der Waals surface area contributed by atoms with Gasteiger partial charge in [0.1, 0.15) is 5.69 Å². The molecule has 0 bridgehead atoms. The van der Waals surface area contributed by atoms with E-state index in [4.69, 9.17) is 18.0 Å². The van der Waals surface area contributed by atoms with Crippen molar-refractivity contribution in [1.29, 1.82) is 0 Å². The topological polar surface area (TPSA) is 59.2 Å². The SMILES string of the molecule is CCN(CCC(N)=S)C(=O)c1ccc2ccccc2n1. The third kappa shape index (κ3) is 3.30. The molecule has 20 heavy (non-hydrogen) atoms. The van der Waals surface area contributed by atoms with Gasteiger partial charge in [0.15, 0.2) is 0 Å². The second kappa shape index (κ2) is 6.43. The molecule has 0 fully saturated rings. The molecule has 0 unspecified atom stereocenters. The van der Waals surface area contributed by atoms with Crippen molar-refractivity contribution in [2.75, 3.05) is 13.1 Å². The summed E-state index contributed by atoms with van der Waals surface area (Å²) in [6.45, 7) is 3.06. The number of thiocarbonyl (C=S) groups is 1. The molecule has 0 aliphatic rings. The molecule has 104 valence electrons. The molecule has 0 spiro atoms. The zero-order chi connectivity index (χ0) is 14.5. The van der Waals surface area contributed by atoms with Gasteiger partial charge in [-0.25, -0.2) is 4.98 Å². The Balaban J connectivity index is 2.22. The van der Waals surface area contributed by atoms with Crippen LogP contribution < -0.4 is 5.73 Å². The summed E-state index contributed by atoms with van der Waals surface area (Å²) in [5.74, 6) is -0.0884. The van der Waals surface area contributed by atoms with Crippen LogP contribution in [0.4, 0.5) is 0 Å². The van der Waals surface area contributed by atoms with E-state index >= 15 is 0 Å². The van der Waals surface area contributed by atoms with Crippen LogP contribution in [0.25, 0.3) is 10.9 Å². The molecule has 1 aromatic heterocycles. The van der Waals surface area contributed by atoms with Crippen molar-refractivity contribution in [3.8, 4) is 0 Å². The standard InChI is InChI=1S/C15H17N3OS/c1-2-18(10-9-14(16)20)15(19)13-8-7-11-5-3-4-6-12(11)17-13/h3-8H,2,9-10H2,1H3,(H2,16,20). The predicted octanol–water partition coefficient (Wildman–Crippen LogP) is 2.37. The number of pyridine rings is 1. The quantitative estimate of drug-likeness (QED) is 0.858. The van der Waals surface area contributed by atoms with E-state index in [0.29, 0.717) is 30.2 Å². The fraction of sp³-hybridized carbons (Fsp3) is 0.267. The zero-order valence-corrected chi connectivity index (χ0v) is 12.2. The van der Waals surface area contributed by atoms with Crippen LogP contribution in [-0.4, -0.2) is 33.9 Å². The molecule has 0 aliphatic carbocycles. The average molecular weight is 287 g/mol. The molecular formula is C15H17N3OS. The summed E-state index contributed by atoms with van der Waals surface area (Å²) in [5.41, 5.74) is 6.76. The molecule has 0 saturated carbocycles. The van der Waals surface area contributed by atoms with E-state index in [2.05, 4.69) is 4.98 Å². The van der Waals surface area contributed by atoms with Crippen LogP contribution in [0.3, 0.4) is 0 Å². The number of carbonyl (C=O) groups excluding carboxylic acids is 1. The molecule has 2 rings (SSSR count). The Morgan fingerprint density at radius 2 is 2.05 bits per heavy atom. The summed E-state index contributed by atoms with van der Waals surface area (Å²) >= 11 is 4.85. The molecule has 1 amide bonds. The smallest absolute Gasteiger partial charge is 0.272 e. The van der Waals surface area contributed by atoms with Crippen LogP contribution in [0.1, 0.15) is 23.8 Å². The fourth-order valence-corrected chi connectivity index (χ4v) is 2.09. The second-order valence-electron chi connectivity index (χ2n) is 4.49. The minimum absolute atomic E-state index is 0.0884. The summed E-state index contributed by atoms with van der Waals surface area (Å²) in [7, 11) is 0. The molecule has 2 N–H and O–H groups in total. The Morgan fingerprint density at radius 3 is 2.75 bits per heavy atom. The Kier molecular flexibility index (Phi) is 4.63. The lowest BCUT2D eigenvalue weighted by Gasteiger charge is -2.20. The van der Waals surface area contributed by atoms with Gasteiger partial charge in [-0.3, -0.25) is 4.79 Å². The van der Waals surface area contributed by atoms with Crippen molar-refractivity contribution >= 4 is 34.0 Å². The molecule has 0 saturated heterocycles. The molecule has 2 aromatic rings. The van der Waals surface area contributed by atoms with Crippen LogP contribution in [-0.2, 0) is 0 Å². The third-order valence-corrected chi connectivity index (χ3v) is 3.32. The maximum absolute atomic E-state index is 12.4. The first-order chi connectivity index (χ1) is 9.61. The summed E-state index contributed by atoms with van der Waals surface area (Å²) in [6, 6.07) is 11.4. The highest BCUT2D eigenvalue weighted by atomic mass is 32.1. The molecule has 0 radical (unpaired) electrons. The zero-order valence-electron chi connectivity index (χ0n) is 11.4. The van der Waals surface area contributed by atoms with E-state index in [9.17, 15) is 4.79 Å². The number of hydrogen-bond acceptors (Lipinski definition) is 3. The number of rotatable bonds is 5. The van der Waals surface area contributed by atoms with Gasteiger partial charge in [0.25, 0.3) is 5.91 Å². The normalized spacial score (nSPS) is 10.4. The van der Waals surface area contributed by atoms with E-state index in [1.165, 1.54) is 0 Å². The Labute approximate surface area is 123 Å². The monoisotopic (exact) mass is 287 g/mol. The van der Waals surface area contributed by atoms with Gasteiger partial charge in [-0.2, -0.15) is 0 Å². The van der Waals surface area contributed by atoms with Crippen LogP contribution >= 0.6 is 12.2 Å². The number of carbonyl (C=O) groups is 1. The predicted molar refractivity (Wildman–Crippen MR) is 84.7 cm³/mol. The van der Waals surface area contributed by atoms with Crippen molar-refractivity contribution in [1.82, 2.24) is 9.88 Å². The molecule has 0 aliphatic heterocycles. The number of para-hydroxylation sites is 1. The summed E-state index contributed by atoms with van der Waals surface area (Å²) in [4.78, 5) is 19.0. The van der Waals surface area contributed by atoms with Gasteiger partial charge in [0, 0.05) is 24.9 Å². The minimum atomic E-state index is -0.0884. The van der Waals surface area contributed by atoms with E-state index in [0.717, 1.165) is 10.9 Å². The first-order valence-corrected chi connectivity index (χ1v) is 6.96. The highest BCUT2D eigenvalue weighted by Crippen LogP contribution is 2.13. The molecule has 0 atom stereocenters. The van der Waals surface area contributed by atoms with E-state index in [-0.39, 0.29) is 5.91 Å². The van der Waals surface area contributed by atoms with Crippen LogP contribution in [0.15, 0.2) is 36.4 Å². The molecule has 1 aromatic carbocycles. The van der Waals surface area contributed by atoms with Gasteiger partial charge >= 0.3 is 0 Å². The highest BCUT2D eigenvalue weighted by molar-refractivity contribution is 7.80. The van der Waals surface area contributed by atoms with Gasteiger partial charge < -0.3 is 10.6 Å². The number of fused-ring (bicyclic) bond motifs is 1. The van der Waals surface area contributed by atoms with Crippen molar-refractivity contribution in [3.05, 3.63) is 42.1 Å². The van der Waals surface area contributed by atoms with E-state index in [1.54, 1.807) is 11.0 Å². The molecular weight excluding hydrogens is 270 g/mol. The summed E-state index contributed by atoms with van der Waals surface area (Å²) < 4.78 is 0. The largest absolute Gasteiger partial charge is 0.393 e. The van der Waals surface area contributed by atoms with Crippen molar-refractivity contribution in [2.45, 2.75) is 13.3 Å². The summed E-state index contributed by atoms with van der Waals surface area (Å²) in [6.07, 6.45) is 0.530. The summed E-state index contributed by atoms with van der Waals surface area (Å²) in [5, 5.41) is 1.02. The van der Waals surface area contributed by atoms with E-state index < -0.39 is 0 Å². The lowest BCUT2D eigenvalue weighted by Crippen LogP contribution is -2.34. The van der Waals surface area contributed by atoms with Gasteiger partial charge in [0.05, 0.1) is 10.5 Å². The van der Waals surface area contributed by atoms with Crippen molar-refractivity contribution in [3.63, 3.8) is 0 Å². The first-order valence-electron chi connectivity index (χ1n) is 6.55. The molecule has 5 heteroatoms. The minimum Gasteiger partial charge on any atom is -0.393 e. The second-order valence-corrected chi connectivity index (χ2v) is 5.01. The first kappa shape index (κ1) is 14.4. The van der Waals surface area contributed by atoms with Crippen LogP contribution in [0.5, 0.6) is 0 Å². The fourth-order valence-electron chi connectivity index (χ4n) is 2.00. The number of benzene rings is 1. The van der Waals surface area contributed by atoms with Gasteiger partial charge in [0.2, 0.25) is 0 Å². The molecule has 4 nitrogen and oxygen atoms in total. The number of nitrogens with zero attached hydrogens (tertiary/aromatic N) is 2. The Morgan fingerprint density at radius 1 is 1.30 bits per heavy atom. The van der Waals surface area contributed by atoms with Crippen molar-refractivity contribution < 1.29 is 4.79 Å². The van der Waals surface area contributed by atoms with Crippen molar-refractivity contribution in [2.24, 2.45) is 5.73 Å². The lowest BCUT2D eigenvalue weighted by atomic mass is 10.2. The Hall–Kier alpha value is -2.01. The van der Waals surface area contributed by atoms with Gasteiger partial charge in [-0.15, -0.1) is 0 Å². The lowest BCUT2D eigenvalue weighted by molar-refractivity contribution is 0.0763. The van der Waals surface area contributed by atoms with Crippen LogP contribution in [0, 0.1) is 0 Å². The molecule has 1 heterocycles. The van der Waals surface area contributed by atoms with Gasteiger partial charge in [-0.1, -0.05) is 36.5 Å². The average Bonchev–Trinajstić information content (AvgIpc) is 2.47. The van der Waals surface area contributed by atoms with Gasteiger partial charge in [-0.05, 0) is 19.1 Å².